The summed E-state index contributed by atoms with van der Waals surface area (Å²) >= 11 is 0. The highest BCUT2D eigenvalue weighted by atomic mass is 16.5. The van der Waals surface area contributed by atoms with Crippen LogP contribution in [0.4, 0.5) is 0 Å². The van der Waals surface area contributed by atoms with Crippen molar-refractivity contribution in [3.8, 4) is 5.75 Å². The molecule has 0 N–H and O–H groups in total. The lowest BCUT2D eigenvalue weighted by molar-refractivity contribution is 0.146. The Morgan fingerprint density at radius 1 is 1.43 bits per heavy atom. The van der Waals surface area contributed by atoms with E-state index in [4.69, 9.17) is 9.47 Å². The van der Waals surface area contributed by atoms with Crippen LogP contribution in [0.1, 0.15) is 11.5 Å². The first-order chi connectivity index (χ1) is 6.90. The van der Waals surface area contributed by atoms with Crippen LogP contribution in [0, 0.1) is 0 Å². The van der Waals surface area contributed by atoms with Crippen LogP contribution in [-0.2, 0) is 4.74 Å². The summed E-state index contributed by atoms with van der Waals surface area (Å²) in [5.74, 6) is 1.28. The Morgan fingerprint density at radius 3 is 3.07 bits per heavy atom. The van der Waals surface area contributed by atoms with Gasteiger partial charge in [-0.3, -0.25) is 0 Å². The lowest BCUT2D eigenvalue weighted by Gasteiger charge is -2.17. The highest BCUT2D eigenvalue weighted by Crippen LogP contribution is 2.23. The van der Waals surface area contributed by atoms with Crippen LogP contribution in [0.3, 0.4) is 0 Å². The number of methoxy groups -OCH3 is 1. The van der Waals surface area contributed by atoms with E-state index in [0.717, 1.165) is 19.0 Å². The highest BCUT2D eigenvalue weighted by molar-refractivity contribution is 5.33. The third kappa shape index (κ3) is 1.96. The molecular weight excluding hydrogens is 176 g/mol. The second kappa shape index (κ2) is 4.29. The van der Waals surface area contributed by atoms with Crippen molar-refractivity contribution < 1.29 is 9.47 Å². The van der Waals surface area contributed by atoms with E-state index in [1.54, 1.807) is 7.11 Å². The molecule has 0 saturated carbocycles. The first-order valence-electron chi connectivity index (χ1n) is 4.78. The quantitative estimate of drug-likeness (QED) is 0.666. The van der Waals surface area contributed by atoms with Gasteiger partial charge in [-0.05, 0) is 17.7 Å². The minimum atomic E-state index is 0.374. The Balaban J connectivity index is 2.22. The maximum atomic E-state index is 5.38. The molecular formula is C12H14O2. The zero-order valence-electron chi connectivity index (χ0n) is 8.27. The van der Waals surface area contributed by atoms with Gasteiger partial charge in [0.05, 0.1) is 20.3 Å². The molecule has 0 aliphatic carbocycles. The molecule has 14 heavy (non-hydrogen) atoms. The molecule has 1 aliphatic heterocycles. The van der Waals surface area contributed by atoms with Gasteiger partial charge < -0.3 is 9.47 Å². The van der Waals surface area contributed by atoms with Gasteiger partial charge in [-0.2, -0.15) is 0 Å². The summed E-state index contributed by atoms with van der Waals surface area (Å²) in [5.41, 5.74) is 1.25. The molecule has 1 aromatic rings. The van der Waals surface area contributed by atoms with Crippen LogP contribution in [0.2, 0.25) is 0 Å². The number of hydrogen-bond acceptors (Lipinski definition) is 2. The lowest BCUT2D eigenvalue weighted by Crippen LogP contribution is -2.10. The maximum Gasteiger partial charge on any atom is 0.119 e. The molecule has 2 heteroatoms. The third-order valence-corrected chi connectivity index (χ3v) is 2.40. The second-order valence-electron chi connectivity index (χ2n) is 3.35. The molecule has 0 amide bonds. The largest absolute Gasteiger partial charge is 0.497 e. The second-order valence-corrected chi connectivity index (χ2v) is 3.35. The van der Waals surface area contributed by atoms with Gasteiger partial charge >= 0.3 is 0 Å². The predicted octanol–water partition coefficient (Wildman–Crippen LogP) is 2.37. The highest BCUT2D eigenvalue weighted by Gasteiger charge is 2.11. The van der Waals surface area contributed by atoms with Crippen LogP contribution >= 0.6 is 0 Å². The molecule has 0 radical (unpaired) electrons. The van der Waals surface area contributed by atoms with Crippen LogP contribution in [0.25, 0.3) is 0 Å². The summed E-state index contributed by atoms with van der Waals surface area (Å²) in [7, 11) is 1.69. The molecule has 2 rings (SSSR count). The van der Waals surface area contributed by atoms with E-state index in [2.05, 4.69) is 24.3 Å². The molecule has 74 valence electrons. The van der Waals surface area contributed by atoms with Crippen molar-refractivity contribution >= 4 is 0 Å². The van der Waals surface area contributed by atoms with Gasteiger partial charge in [0.25, 0.3) is 0 Å². The molecule has 1 aliphatic rings. The fraction of sp³-hybridized carbons (Fsp3) is 0.333. The summed E-state index contributed by atoms with van der Waals surface area (Å²) in [6.45, 7) is 1.50. The molecule has 0 spiro atoms. The van der Waals surface area contributed by atoms with E-state index in [0.29, 0.717) is 5.92 Å². The van der Waals surface area contributed by atoms with Gasteiger partial charge in [0.1, 0.15) is 5.75 Å². The van der Waals surface area contributed by atoms with Crippen molar-refractivity contribution in [2.24, 2.45) is 0 Å². The number of hydrogen-bond donors (Lipinski definition) is 0. The maximum absolute atomic E-state index is 5.38. The summed E-state index contributed by atoms with van der Waals surface area (Å²) in [5, 5.41) is 0. The van der Waals surface area contributed by atoms with E-state index in [9.17, 15) is 0 Å². The molecule has 0 aromatic heterocycles. The average molecular weight is 190 g/mol. The molecule has 1 atom stereocenters. The smallest absolute Gasteiger partial charge is 0.119 e. The Hall–Kier alpha value is -1.28. The summed E-state index contributed by atoms with van der Waals surface area (Å²) in [6, 6.07) is 8.13. The number of ether oxygens (including phenoxy) is 2. The van der Waals surface area contributed by atoms with Crippen molar-refractivity contribution in [2.75, 3.05) is 20.3 Å². The molecule has 0 fully saturated rings. The molecule has 2 nitrogen and oxygen atoms in total. The van der Waals surface area contributed by atoms with Crippen LogP contribution < -0.4 is 4.74 Å². The minimum Gasteiger partial charge on any atom is -0.497 e. The van der Waals surface area contributed by atoms with Gasteiger partial charge in [-0.25, -0.2) is 0 Å². The first-order valence-corrected chi connectivity index (χ1v) is 4.78. The predicted molar refractivity (Wildman–Crippen MR) is 55.7 cm³/mol. The lowest BCUT2D eigenvalue weighted by atomic mass is 9.98. The fourth-order valence-electron chi connectivity index (χ4n) is 1.62. The molecule has 0 bridgehead atoms. The molecule has 1 heterocycles. The summed E-state index contributed by atoms with van der Waals surface area (Å²) in [6.07, 6.45) is 4.26. The Kier molecular flexibility index (Phi) is 2.84. The minimum absolute atomic E-state index is 0.374. The van der Waals surface area contributed by atoms with E-state index in [1.807, 2.05) is 12.1 Å². The molecule has 0 saturated heterocycles. The monoisotopic (exact) mass is 190 g/mol. The van der Waals surface area contributed by atoms with E-state index >= 15 is 0 Å². The summed E-state index contributed by atoms with van der Waals surface area (Å²) < 4.78 is 10.6. The van der Waals surface area contributed by atoms with Crippen molar-refractivity contribution in [3.63, 3.8) is 0 Å². The van der Waals surface area contributed by atoms with E-state index in [1.165, 1.54) is 5.56 Å². The zero-order valence-corrected chi connectivity index (χ0v) is 8.27. The van der Waals surface area contributed by atoms with Crippen LogP contribution in [-0.4, -0.2) is 20.3 Å². The van der Waals surface area contributed by atoms with E-state index in [-0.39, 0.29) is 0 Å². The summed E-state index contributed by atoms with van der Waals surface area (Å²) in [4.78, 5) is 0. The van der Waals surface area contributed by atoms with Gasteiger partial charge in [-0.1, -0.05) is 24.3 Å². The normalized spacial score (nSPS) is 20.8. The Morgan fingerprint density at radius 2 is 2.36 bits per heavy atom. The average Bonchev–Trinajstić information content (AvgIpc) is 2.30. The number of rotatable bonds is 2. The fourth-order valence-corrected chi connectivity index (χ4v) is 1.62. The van der Waals surface area contributed by atoms with Gasteiger partial charge in [0.2, 0.25) is 0 Å². The van der Waals surface area contributed by atoms with Crippen molar-refractivity contribution in [1.82, 2.24) is 0 Å². The molecule has 0 unspecified atom stereocenters. The first kappa shape index (κ1) is 9.28. The standard InChI is InChI=1S/C12H14O2/c1-13-12-6-2-4-10(8-12)11-5-3-7-14-9-11/h2-6,8,11H,7,9H2,1H3/t11-/m1/s1. The topological polar surface area (TPSA) is 18.5 Å². The SMILES string of the molecule is COc1cccc([C@@H]2C=CCOC2)c1. The van der Waals surface area contributed by atoms with E-state index < -0.39 is 0 Å². The number of benzene rings is 1. The molecule has 1 aromatic carbocycles. The van der Waals surface area contributed by atoms with Crippen molar-refractivity contribution in [3.05, 3.63) is 42.0 Å². The van der Waals surface area contributed by atoms with Crippen LogP contribution in [0.5, 0.6) is 5.75 Å². The van der Waals surface area contributed by atoms with Crippen LogP contribution in [0.15, 0.2) is 36.4 Å². The zero-order chi connectivity index (χ0) is 9.80. The Bertz CT molecular complexity index is 331. The van der Waals surface area contributed by atoms with Gasteiger partial charge in [-0.15, -0.1) is 0 Å². The Labute approximate surface area is 84.2 Å². The van der Waals surface area contributed by atoms with Crippen molar-refractivity contribution in [1.29, 1.82) is 0 Å². The van der Waals surface area contributed by atoms with Crippen molar-refractivity contribution in [2.45, 2.75) is 5.92 Å². The third-order valence-electron chi connectivity index (χ3n) is 2.40. The van der Waals surface area contributed by atoms with Gasteiger partial charge in [0, 0.05) is 5.92 Å². The van der Waals surface area contributed by atoms with Gasteiger partial charge in [0.15, 0.2) is 0 Å².